The summed E-state index contributed by atoms with van der Waals surface area (Å²) >= 11 is 0. The molecule has 34 heavy (non-hydrogen) atoms. The fourth-order valence-corrected chi connectivity index (χ4v) is 2.98. The number of nitrogens with one attached hydrogen (secondary N) is 2. The third kappa shape index (κ3) is 8.31. The summed E-state index contributed by atoms with van der Waals surface area (Å²) in [6.45, 7) is 7.91. The zero-order valence-electron chi connectivity index (χ0n) is 20.1. The van der Waals surface area contributed by atoms with Gasteiger partial charge in [0, 0.05) is 12.0 Å². The Morgan fingerprint density at radius 2 is 1.38 bits per heavy atom. The molecule has 2 aromatic rings. The lowest BCUT2D eigenvalue weighted by atomic mass is 10.1. The number of ether oxygens (including phenoxy) is 4. The van der Waals surface area contributed by atoms with Crippen LogP contribution in [0.5, 0.6) is 23.0 Å². The molecule has 9 heteroatoms. The molecule has 2 rings (SSSR count). The maximum Gasteiger partial charge on any atom is 0.276 e. The minimum absolute atomic E-state index is 0.132. The van der Waals surface area contributed by atoms with Crippen molar-refractivity contribution in [3.8, 4) is 23.0 Å². The normalized spacial score (nSPS) is 10.2. The quantitative estimate of drug-likeness (QED) is 0.431. The van der Waals surface area contributed by atoms with Crippen molar-refractivity contribution in [3.63, 3.8) is 0 Å². The van der Waals surface area contributed by atoms with Gasteiger partial charge in [-0.1, -0.05) is 12.1 Å². The summed E-state index contributed by atoms with van der Waals surface area (Å²) in [5.74, 6) is 0.731. The maximum atomic E-state index is 12.6. The molecule has 0 unspecified atom stereocenters. The average Bonchev–Trinajstić information content (AvgIpc) is 2.82. The molecule has 2 N–H and O–H groups in total. The van der Waals surface area contributed by atoms with Crippen molar-refractivity contribution >= 4 is 17.6 Å². The molecule has 184 valence electrons. The third-order valence-corrected chi connectivity index (χ3v) is 4.55. The molecule has 0 spiro atoms. The van der Waals surface area contributed by atoms with Gasteiger partial charge in [-0.3, -0.25) is 20.4 Å². The number of carbonyl (C=O) groups is 3. The van der Waals surface area contributed by atoms with Gasteiger partial charge in [0.15, 0.2) is 18.1 Å². The first-order chi connectivity index (χ1) is 16.4. The maximum absolute atomic E-state index is 12.6. The van der Waals surface area contributed by atoms with Crippen LogP contribution in [-0.2, 0) is 16.0 Å². The van der Waals surface area contributed by atoms with Gasteiger partial charge < -0.3 is 23.7 Å². The van der Waals surface area contributed by atoms with Crippen LogP contribution in [0.1, 0.15) is 50.0 Å². The largest absolute Gasteiger partial charge is 0.490 e. The van der Waals surface area contributed by atoms with Crippen LogP contribution in [0.15, 0.2) is 36.4 Å². The van der Waals surface area contributed by atoms with Gasteiger partial charge in [-0.25, -0.2) is 0 Å². The van der Waals surface area contributed by atoms with E-state index < -0.39 is 11.8 Å². The predicted molar refractivity (Wildman–Crippen MR) is 126 cm³/mol. The molecule has 0 aliphatic rings. The third-order valence-electron chi connectivity index (χ3n) is 4.55. The van der Waals surface area contributed by atoms with Gasteiger partial charge in [0.25, 0.3) is 11.8 Å². The summed E-state index contributed by atoms with van der Waals surface area (Å²) in [7, 11) is 0. The van der Waals surface area contributed by atoms with E-state index in [4.69, 9.17) is 18.9 Å². The standard InChI is InChI=1S/C25H32N2O7/c1-5-31-21-14-19(15-22(32-6-2)24(21)33-7-3)25(30)27-26-23(29)16-34-20-12-10-18(11-13-20)9-8-17(4)28/h10-15H,5-9,16H2,1-4H3,(H,26,29)(H,27,30). The van der Waals surface area contributed by atoms with Crippen molar-refractivity contribution in [3.05, 3.63) is 47.5 Å². The Balaban J connectivity index is 1.94. The molecule has 0 saturated carbocycles. The second kappa shape index (κ2) is 13.7. The molecule has 0 atom stereocenters. The first-order valence-corrected chi connectivity index (χ1v) is 11.2. The van der Waals surface area contributed by atoms with Gasteiger partial charge in [0.2, 0.25) is 5.75 Å². The van der Waals surface area contributed by atoms with E-state index in [1.165, 1.54) is 12.1 Å². The number of hydrogen-bond donors (Lipinski definition) is 2. The second-order valence-corrected chi connectivity index (χ2v) is 7.24. The van der Waals surface area contributed by atoms with E-state index in [-0.39, 0.29) is 18.0 Å². The number of aryl methyl sites for hydroxylation is 1. The number of benzene rings is 2. The lowest BCUT2D eigenvalue weighted by molar-refractivity contribution is -0.123. The van der Waals surface area contributed by atoms with Gasteiger partial charge in [0.05, 0.1) is 19.8 Å². The molecule has 0 bridgehead atoms. The second-order valence-electron chi connectivity index (χ2n) is 7.24. The van der Waals surface area contributed by atoms with Crippen LogP contribution in [0.2, 0.25) is 0 Å². The molecule has 2 amide bonds. The van der Waals surface area contributed by atoms with Crippen LogP contribution in [0.25, 0.3) is 0 Å². The van der Waals surface area contributed by atoms with Crippen LogP contribution >= 0.6 is 0 Å². The molecule has 0 saturated heterocycles. The van der Waals surface area contributed by atoms with E-state index in [1.807, 2.05) is 32.9 Å². The van der Waals surface area contributed by atoms with Crippen molar-refractivity contribution in [2.75, 3.05) is 26.4 Å². The number of ketones is 1. The summed E-state index contributed by atoms with van der Waals surface area (Å²) in [6.07, 6.45) is 1.14. The number of Topliss-reactive ketones (excluding diaryl/α,β-unsaturated/α-hetero) is 1. The first kappa shape index (κ1) is 26.5. The lowest BCUT2D eigenvalue weighted by Gasteiger charge is -2.17. The Labute approximate surface area is 199 Å². The molecule has 0 aliphatic carbocycles. The Morgan fingerprint density at radius 1 is 0.794 bits per heavy atom. The Kier molecular flexibility index (Phi) is 10.7. The van der Waals surface area contributed by atoms with Crippen LogP contribution in [0, 0.1) is 0 Å². The van der Waals surface area contributed by atoms with Crippen LogP contribution < -0.4 is 29.8 Å². The first-order valence-electron chi connectivity index (χ1n) is 11.2. The highest BCUT2D eigenvalue weighted by Gasteiger charge is 2.18. The molecule has 0 heterocycles. The minimum atomic E-state index is -0.548. The SMILES string of the molecule is CCOc1cc(C(=O)NNC(=O)COc2ccc(CCC(C)=O)cc2)cc(OCC)c1OCC. The van der Waals surface area contributed by atoms with E-state index in [2.05, 4.69) is 10.9 Å². The molecule has 0 radical (unpaired) electrons. The van der Waals surface area contributed by atoms with E-state index in [9.17, 15) is 14.4 Å². The summed E-state index contributed by atoms with van der Waals surface area (Å²) in [5.41, 5.74) is 5.92. The fraction of sp³-hybridized carbons (Fsp3) is 0.400. The molecule has 2 aromatic carbocycles. The predicted octanol–water partition coefficient (Wildman–Crippen LogP) is 3.24. The Bertz CT molecular complexity index is 947. The van der Waals surface area contributed by atoms with Crippen molar-refractivity contribution in [1.82, 2.24) is 10.9 Å². The molecule has 0 aliphatic heterocycles. The van der Waals surface area contributed by atoms with Crippen molar-refractivity contribution in [2.45, 2.75) is 40.5 Å². The number of hydrogen-bond acceptors (Lipinski definition) is 7. The van der Waals surface area contributed by atoms with Gasteiger partial charge in [0.1, 0.15) is 11.5 Å². The topological polar surface area (TPSA) is 112 Å². The molecule has 0 aromatic heterocycles. The molecule has 0 fully saturated rings. The monoisotopic (exact) mass is 472 g/mol. The highest BCUT2D eigenvalue weighted by atomic mass is 16.5. The smallest absolute Gasteiger partial charge is 0.276 e. The molecular weight excluding hydrogens is 440 g/mol. The zero-order chi connectivity index (χ0) is 24.9. The molecular formula is C25H32N2O7. The van der Waals surface area contributed by atoms with Gasteiger partial charge >= 0.3 is 0 Å². The van der Waals surface area contributed by atoms with E-state index in [1.54, 1.807) is 19.1 Å². The summed E-state index contributed by atoms with van der Waals surface area (Å²) in [4.78, 5) is 35.8. The number of hydrazine groups is 1. The minimum Gasteiger partial charge on any atom is -0.490 e. The number of amides is 2. The lowest BCUT2D eigenvalue weighted by Crippen LogP contribution is -2.43. The van der Waals surface area contributed by atoms with Crippen LogP contribution in [0.3, 0.4) is 0 Å². The summed E-state index contributed by atoms with van der Waals surface area (Å²) in [6, 6.07) is 10.2. The zero-order valence-corrected chi connectivity index (χ0v) is 20.1. The molecule has 9 nitrogen and oxygen atoms in total. The summed E-state index contributed by atoms with van der Waals surface area (Å²) in [5, 5.41) is 0. The van der Waals surface area contributed by atoms with Crippen molar-refractivity contribution < 1.29 is 33.3 Å². The average molecular weight is 473 g/mol. The van der Waals surface area contributed by atoms with E-state index >= 15 is 0 Å². The highest BCUT2D eigenvalue weighted by Crippen LogP contribution is 2.39. The summed E-state index contributed by atoms with van der Waals surface area (Å²) < 4.78 is 22.3. The van der Waals surface area contributed by atoms with Crippen LogP contribution in [0.4, 0.5) is 0 Å². The van der Waals surface area contributed by atoms with Gasteiger partial charge in [-0.2, -0.15) is 0 Å². The van der Waals surface area contributed by atoms with Gasteiger partial charge in [-0.15, -0.1) is 0 Å². The Morgan fingerprint density at radius 3 is 1.91 bits per heavy atom. The van der Waals surface area contributed by atoms with Crippen molar-refractivity contribution in [1.29, 1.82) is 0 Å². The number of rotatable bonds is 13. The fourth-order valence-electron chi connectivity index (χ4n) is 2.98. The van der Waals surface area contributed by atoms with Crippen molar-refractivity contribution in [2.24, 2.45) is 0 Å². The van der Waals surface area contributed by atoms with E-state index in [0.29, 0.717) is 55.7 Å². The highest BCUT2D eigenvalue weighted by molar-refractivity contribution is 5.96. The van der Waals surface area contributed by atoms with E-state index in [0.717, 1.165) is 5.56 Å². The van der Waals surface area contributed by atoms with Gasteiger partial charge in [-0.05, 0) is 63.9 Å². The number of carbonyl (C=O) groups excluding carboxylic acids is 3. The Hall–Kier alpha value is -3.75. The van der Waals surface area contributed by atoms with Crippen LogP contribution in [-0.4, -0.2) is 44.0 Å².